The number of benzene rings is 1. The average molecular weight is 240 g/mol. The predicted molar refractivity (Wildman–Crippen MR) is 59.4 cm³/mol. The second-order valence-electron chi connectivity index (χ2n) is 2.96. The first-order valence-corrected chi connectivity index (χ1v) is 6.14. The van der Waals surface area contributed by atoms with Gasteiger partial charge in [0, 0.05) is 0 Å². The molecule has 0 saturated carbocycles. The minimum Gasteiger partial charge on any atom is -0.462 e. The molecule has 0 N–H and O–H groups in total. The molecule has 1 aromatic rings. The van der Waals surface area contributed by atoms with Crippen LogP contribution in [0.4, 0.5) is 0 Å². The minimum atomic E-state index is -3.83. The highest BCUT2D eigenvalue weighted by atomic mass is 32.2. The van der Waals surface area contributed by atoms with Crippen LogP contribution in [0.1, 0.15) is 6.92 Å². The van der Waals surface area contributed by atoms with Crippen molar-refractivity contribution in [2.24, 2.45) is 0 Å². The second-order valence-corrected chi connectivity index (χ2v) is 4.93. The lowest BCUT2D eigenvalue weighted by Crippen LogP contribution is -2.15. The number of rotatable bonds is 4. The van der Waals surface area contributed by atoms with Gasteiger partial charge in [-0.1, -0.05) is 24.8 Å². The van der Waals surface area contributed by atoms with E-state index in [2.05, 4.69) is 11.3 Å². The molecule has 1 rings (SSSR count). The number of esters is 1. The summed E-state index contributed by atoms with van der Waals surface area (Å²) in [6.07, 6.45) is 0. The fourth-order valence-corrected chi connectivity index (χ4v) is 2.14. The monoisotopic (exact) mass is 240 g/mol. The van der Waals surface area contributed by atoms with Crippen LogP contribution in [0, 0.1) is 0 Å². The van der Waals surface area contributed by atoms with Crippen LogP contribution in [0.3, 0.4) is 0 Å². The third-order valence-electron chi connectivity index (χ3n) is 1.88. The molecule has 5 heteroatoms. The molecule has 0 radical (unpaired) electrons. The molecular weight excluding hydrogens is 228 g/mol. The standard InChI is InChI=1S/C11H12O4S/c1-3-15-11(12)9(2)16(13,14)10-7-5-4-6-8-10/h4-8H,2-3H2,1H3. The predicted octanol–water partition coefficient (Wildman–Crippen LogP) is 1.54. The Morgan fingerprint density at radius 2 is 1.88 bits per heavy atom. The summed E-state index contributed by atoms with van der Waals surface area (Å²) in [5, 5.41) is 0. The van der Waals surface area contributed by atoms with Crippen LogP contribution in [0.25, 0.3) is 0 Å². The smallest absolute Gasteiger partial charge is 0.349 e. The summed E-state index contributed by atoms with van der Waals surface area (Å²) in [7, 11) is -3.83. The van der Waals surface area contributed by atoms with Crippen molar-refractivity contribution in [3.63, 3.8) is 0 Å². The molecule has 1 aromatic carbocycles. The SMILES string of the molecule is C=C(C(=O)OCC)S(=O)(=O)c1ccccc1. The fraction of sp³-hybridized carbons (Fsp3) is 0.182. The number of sulfone groups is 1. The zero-order chi connectivity index (χ0) is 12.2. The number of hydrogen-bond acceptors (Lipinski definition) is 4. The maximum absolute atomic E-state index is 11.8. The van der Waals surface area contributed by atoms with Crippen molar-refractivity contribution in [3.8, 4) is 0 Å². The first-order valence-electron chi connectivity index (χ1n) is 4.66. The van der Waals surface area contributed by atoms with Gasteiger partial charge in [-0.2, -0.15) is 0 Å². The molecule has 0 amide bonds. The molecule has 4 nitrogen and oxygen atoms in total. The first-order chi connectivity index (χ1) is 7.50. The Kier molecular flexibility index (Phi) is 3.84. The number of hydrogen-bond donors (Lipinski definition) is 0. The normalized spacial score (nSPS) is 10.8. The van der Waals surface area contributed by atoms with E-state index in [1.54, 1.807) is 25.1 Å². The van der Waals surface area contributed by atoms with Gasteiger partial charge in [0.1, 0.15) is 4.91 Å². The molecule has 0 aliphatic rings. The average Bonchev–Trinajstić information content (AvgIpc) is 2.29. The lowest BCUT2D eigenvalue weighted by Gasteiger charge is -2.06. The van der Waals surface area contributed by atoms with Crippen molar-refractivity contribution in [2.45, 2.75) is 11.8 Å². The van der Waals surface area contributed by atoms with Crippen LogP contribution in [-0.4, -0.2) is 21.0 Å². The quantitative estimate of drug-likeness (QED) is 0.591. The van der Waals surface area contributed by atoms with E-state index in [0.29, 0.717) is 0 Å². The Morgan fingerprint density at radius 3 is 2.38 bits per heavy atom. The van der Waals surface area contributed by atoms with Gasteiger partial charge in [0.15, 0.2) is 0 Å². The number of carbonyl (C=O) groups is 1. The Hall–Kier alpha value is -1.62. The molecule has 0 aromatic heterocycles. The third-order valence-corrected chi connectivity index (χ3v) is 3.59. The summed E-state index contributed by atoms with van der Waals surface area (Å²) in [5.41, 5.74) is 0. The lowest BCUT2D eigenvalue weighted by atomic mass is 10.4. The Morgan fingerprint density at radius 1 is 1.31 bits per heavy atom. The molecule has 0 fully saturated rings. The Labute approximate surface area is 94.5 Å². The Bertz CT molecular complexity index is 488. The summed E-state index contributed by atoms with van der Waals surface area (Å²) >= 11 is 0. The van der Waals surface area contributed by atoms with Gasteiger partial charge in [0.25, 0.3) is 0 Å². The zero-order valence-electron chi connectivity index (χ0n) is 8.84. The van der Waals surface area contributed by atoms with Gasteiger partial charge >= 0.3 is 5.97 Å². The Balaban J connectivity index is 3.05. The molecule has 0 aliphatic carbocycles. The van der Waals surface area contributed by atoms with Gasteiger partial charge in [-0.25, -0.2) is 13.2 Å². The van der Waals surface area contributed by atoms with E-state index in [1.807, 2.05) is 0 Å². The molecule has 0 aliphatic heterocycles. The van der Waals surface area contributed by atoms with E-state index in [4.69, 9.17) is 0 Å². The van der Waals surface area contributed by atoms with Gasteiger partial charge in [0.05, 0.1) is 11.5 Å². The minimum absolute atomic E-state index is 0.0352. The molecule has 86 valence electrons. The van der Waals surface area contributed by atoms with E-state index in [9.17, 15) is 13.2 Å². The third kappa shape index (κ3) is 2.49. The zero-order valence-corrected chi connectivity index (χ0v) is 9.66. The number of carbonyl (C=O) groups excluding carboxylic acids is 1. The van der Waals surface area contributed by atoms with Gasteiger partial charge in [0.2, 0.25) is 9.84 Å². The van der Waals surface area contributed by atoms with E-state index < -0.39 is 20.7 Å². The maximum Gasteiger partial charge on any atom is 0.349 e. The van der Waals surface area contributed by atoms with Gasteiger partial charge < -0.3 is 4.74 Å². The van der Waals surface area contributed by atoms with Crippen molar-refractivity contribution < 1.29 is 17.9 Å². The summed E-state index contributed by atoms with van der Waals surface area (Å²) in [4.78, 5) is 10.8. The molecule has 0 spiro atoms. The summed E-state index contributed by atoms with van der Waals surface area (Å²) in [6.45, 7) is 4.97. The van der Waals surface area contributed by atoms with Crippen molar-refractivity contribution >= 4 is 15.8 Å². The highest BCUT2D eigenvalue weighted by molar-refractivity contribution is 7.96. The molecule has 0 unspecified atom stereocenters. The molecule has 0 atom stereocenters. The summed E-state index contributed by atoms with van der Waals surface area (Å²) in [5.74, 6) is -0.911. The second kappa shape index (κ2) is 4.94. The van der Waals surface area contributed by atoms with Gasteiger partial charge in [-0.05, 0) is 19.1 Å². The number of ether oxygens (including phenoxy) is 1. The topological polar surface area (TPSA) is 60.4 Å². The van der Waals surface area contributed by atoms with Crippen molar-refractivity contribution in [2.75, 3.05) is 6.61 Å². The molecule has 0 saturated heterocycles. The van der Waals surface area contributed by atoms with Crippen molar-refractivity contribution in [3.05, 3.63) is 41.8 Å². The highest BCUT2D eigenvalue weighted by Crippen LogP contribution is 2.18. The van der Waals surface area contributed by atoms with Crippen molar-refractivity contribution in [1.82, 2.24) is 0 Å². The van der Waals surface area contributed by atoms with E-state index in [0.717, 1.165) is 0 Å². The van der Waals surface area contributed by atoms with Gasteiger partial charge in [-0.3, -0.25) is 0 Å². The maximum atomic E-state index is 11.8. The van der Waals surface area contributed by atoms with Crippen LogP contribution in [0.15, 0.2) is 46.7 Å². The van der Waals surface area contributed by atoms with E-state index in [1.165, 1.54) is 12.1 Å². The van der Waals surface area contributed by atoms with Crippen LogP contribution >= 0.6 is 0 Å². The lowest BCUT2D eigenvalue weighted by molar-refractivity contribution is -0.137. The van der Waals surface area contributed by atoms with E-state index in [-0.39, 0.29) is 11.5 Å². The highest BCUT2D eigenvalue weighted by Gasteiger charge is 2.25. The molecule has 0 heterocycles. The van der Waals surface area contributed by atoms with Crippen molar-refractivity contribution in [1.29, 1.82) is 0 Å². The van der Waals surface area contributed by atoms with E-state index >= 15 is 0 Å². The fourth-order valence-electron chi connectivity index (χ4n) is 1.06. The first kappa shape index (κ1) is 12.4. The molecular formula is C11H12O4S. The molecule has 0 bridgehead atoms. The summed E-state index contributed by atoms with van der Waals surface area (Å²) < 4.78 is 28.3. The summed E-state index contributed by atoms with van der Waals surface area (Å²) in [6, 6.07) is 7.64. The largest absolute Gasteiger partial charge is 0.462 e. The van der Waals surface area contributed by atoms with Crippen LogP contribution in [0.2, 0.25) is 0 Å². The van der Waals surface area contributed by atoms with Crippen LogP contribution in [-0.2, 0) is 19.4 Å². The van der Waals surface area contributed by atoms with Gasteiger partial charge in [-0.15, -0.1) is 0 Å². The van der Waals surface area contributed by atoms with Crippen LogP contribution < -0.4 is 0 Å². The van der Waals surface area contributed by atoms with Crippen LogP contribution in [0.5, 0.6) is 0 Å². The molecule has 16 heavy (non-hydrogen) atoms.